The summed E-state index contributed by atoms with van der Waals surface area (Å²) in [5.74, 6) is 0.0633. The smallest absolute Gasteiger partial charge is 0.253 e. The molecule has 1 saturated heterocycles. The summed E-state index contributed by atoms with van der Waals surface area (Å²) in [7, 11) is -3.09. The molecule has 1 aliphatic heterocycles. The van der Waals surface area contributed by atoms with Crippen molar-refractivity contribution in [3.05, 3.63) is 35.4 Å². The summed E-state index contributed by atoms with van der Waals surface area (Å²) < 4.78 is 24.6. The highest BCUT2D eigenvalue weighted by Gasteiger charge is 2.23. The number of hydrogen-bond acceptors (Lipinski definition) is 4. The third-order valence-corrected chi connectivity index (χ3v) is 5.76. The first-order valence-electron chi connectivity index (χ1n) is 8.40. The summed E-state index contributed by atoms with van der Waals surface area (Å²) in [6.07, 6.45) is 1.26. The van der Waals surface area contributed by atoms with E-state index >= 15 is 0 Å². The van der Waals surface area contributed by atoms with E-state index in [2.05, 4.69) is 4.90 Å². The van der Waals surface area contributed by atoms with Gasteiger partial charge in [-0.1, -0.05) is 12.1 Å². The number of sulfonamides is 1. The van der Waals surface area contributed by atoms with E-state index < -0.39 is 10.0 Å². The van der Waals surface area contributed by atoms with Gasteiger partial charge in [0.2, 0.25) is 10.0 Å². The molecule has 1 aromatic rings. The number of rotatable bonds is 6. The first-order chi connectivity index (χ1) is 11.3. The van der Waals surface area contributed by atoms with Crippen molar-refractivity contribution in [1.82, 2.24) is 14.1 Å². The van der Waals surface area contributed by atoms with Crippen LogP contribution in [0.15, 0.2) is 24.3 Å². The zero-order chi connectivity index (χ0) is 17.7. The van der Waals surface area contributed by atoms with Gasteiger partial charge >= 0.3 is 0 Å². The van der Waals surface area contributed by atoms with Crippen molar-refractivity contribution < 1.29 is 13.2 Å². The Morgan fingerprint density at radius 1 is 1.04 bits per heavy atom. The molecule has 1 heterocycles. The summed E-state index contributed by atoms with van der Waals surface area (Å²) in [5, 5.41) is 0. The fraction of sp³-hybridized carbons (Fsp3) is 0.588. The maximum absolute atomic E-state index is 12.3. The molecule has 134 valence electrons. The molecular weight excluding hydrogens is 326 g/mol. The number of amides is 1. The standard InChI is InChI=1S/C17H27N3O3S/c1-4-19(5-2)17(21)16-8-6-15(7-9-16)14-18-10-12-20(13-11-18)24(3,22)23/h6-9H,4-5,10-14H2,1-3H3. The first-order valence-corrected chi connectivity index (χ1v) is 10.3. The third-order valence-electron chi connectivity index (χ3n) is 4.46. The molecule has 0 unspecified atom stereocenters. The fourth-order valence-corrected chi connectivity index (χ4v) is 3.75. The SMILES string of the molecule is CCN(CC)C(=O)c1ccc(CN2CCN(S(C)(=O)=O)CC2)cc1. The van der Waals surface area contributed by atoms with E-state index in [0.717, 1.165) is 25.2 Å². The second kappa shape index (κ2) is 8.09. The minimum Gasteiger partial charge on any atom is -0.339 e. The number of piperazine rings is 1. The Morgan fingerprint density at radius 3 is 2.04 bits per heavy atom. The highest BCUT2D eigenvalue weighted by Crippen LogP contribution is 2.13. The Hall–Kier alpha value is -1.44. The molecule has 1 aliphatic rings. The molecule has 0 N–H and O–H groups in total. The van der Waals surface area contributed by atoms with Crippen molar-refractivity contribution in [1.29, 1.82) is 0 Å². The third kappa shape index (κ3) is 4.78. The van der Waals surface area contributed by atoms with Crippen molar-refractivity contribution in [3.8, 4) is 0 Å². The minimum atomic E-state index is -3.09. The Balaban J connectivity index is 1.92. The van der Waals surface area contributed by atoms with Crippen LogP contribution < -0.4 is 0 Å². The highest BCUT2D eigenvalue weighted by molar-refractivity contribution is 7.88. The number of carbonyl (C=O) groups excluding carboxylic acids is 1. The lowest BCUT2D eigenvalue weighted by Gasteiger charge is -2.33. The van der Waals surface area contributed by atoms with Gasteiger partial charge in [0, 0.05) is 51.4 Å². The molecule has 0 aromatic heterocycles. The van der Waals surface area contributed by atoms with E-state index in [0.29, 0.717) is 31.7 Å². The fourth-order valence-electron chi connectivity index (χ4n) is 2.92. The quantitative estimate of drug-likeness (QED) is 0.772. The van der Waals surface area contributed by atoms with Gasteiger partial charge in [0.15, 0.2) is 0 Å². The molecule has 0 aliphatic carbocycles. The maximum atomic E-state index is 12.3. The van der Waals surface area contributed by atoms with Crippen LogP contribution in [0.5, 0.6) is 0 Å². The Bertz CT molecular complexity index is 646. The summed E-state index contributed by atoms with van der Waals surface area (Å²) in [6, 6.07) is 7.73. The molecule has 2 rings (SSSR count). The van der Waals surface area contributed by atoms with Crippen LogP contribution in [-0.2, 0) is 16.6 Å². The molecule has 0 spiro atoms. The van der Waals surface area contributed by atoms with E-state index in [4.69, 9.17) is 0 Å². The van der Waals surface area contributed by atoms with Crippen LogP contribution in [-0.4, -0.2) is 74.0 Å². The molecule has 7 heteroatoms. The summed E-state index contributed by atoms with van der Waals surface area (Å²) in [4.78, 5) is 16.3. The molecule has 24 heavy (non-hydrogen) atoms. The van der Waals surface area contributed by atoms with E-state index in [1.165, 1.54) is 10.6 Å². The van der Waals surface area contributed by atoms with Crippen molar-refractivity contribution in [3.63, 3.8) is 0 Å². The second-order valence-corrected chi connectivity index (χ2v) is 8.09. The molecule has 1 fully saturated rings. The predicted molar refractivity (Wildman–Crippen MR) is 95.4 cm³/mol. The first kappa shape index (κ1) is 18.9. The maximum Gasteiger partial charge on any atom is 0.253 e. The number of benzene rings is 1. The average molecular weight is 353 g/mol. The van der Waals surface area contributed by atoms with E-state index in [1.54, 1.807) is 4.90 Å². The Morgan fingerprint density at radius 2 is 1.58 bits per heavy atom. The number of carbonyl (C=O) groups is 1. The largest absolute Gasteiger partial charge is 0.339 e. The van der Waals surface area contributed by atoms with Gasteiger partial charge in [-0.25, -0.2) is 8.42 Å². The van der Waals surface area contributed by atoms with Crippen LogP contribution in [0, 0.1) is 0 Å². The van der Waals surface area contributed by atoms with E-state index in [-0.39, 0.29) is 5.91 Å². The lowest BCUT2D eigenvalue weighted by atomic mass is 10.1. The molecule has 6 nitrogen and oxygen atoms in total. The van der Waals surface area contributed by atoms with Gasteiger partial charge in [0.1, 0.15) is 0 Å². The summed E-state index contributed by atoms with van der Waals surface area (Å²) in [6.45, 7) is 8.69. The molecule has 0 atom stereocenters. The van der Waals surface area contributed by atoms with Crippen LogP contribution >= 0.6 is 0 Å². The van der Waals surface area contributed by atoms with Crippen LogP contribution in [0.3, 0.4) is 0 Å². The molecule has 0 radical (unpaired) electrons. The van der Waals surface area contributed by atoms with Crippen molar-refractivity contribution >= 4 is 15.9 Å². The van der Waals surface area contributed by atoms with Crippen molar-refractivity contribution in [2.45, 2.75) is 20.4 Å². The summed E-state index contributed by atoms with van der Waals surface area (Å²) in [5.41, 5.74) is 1.85. The minimum absolute atomic E-state index is 0.0633. The summed E-state index contributed by atoms with van der Waals surface area (Å²) >= 11 is 0. The zero-order valence-corrected chi connectivity index (χ0v) is 15.6. The van der Waals surface area contributed by atoms with Crippen molar-refractivity contribution in [2.24, 2.45) is 0 Å². The van der Waals surface area contributed by atoms with Gasteiger partial charge in [-0.15, -0.1) is 0 Å². The van der Waals surface area contributed by atoms with Gasteiger partial charge < -0.3 is 4.90 Å². The average Bonchev–Trinajstić information content (AvgIpc) is 2.56. The predicted octanol–water partition coefficient (Wildman–Crippen LogP) is 1.25. The normalized spacial score (nSPS) is 17.0. The van der Waals surface area contributed by atoms with E-state index in [1.807, 2.05) is 38.1 Å². The zero-order valence-electron chi connectivity index (χ0n) is 14.7. The Labute approximate surface area is 145 Å². The van der Waals surface area contributed by atoms with Gasteiger partial charge in [-0.2, -0.15) is 4.31 Å². The lowest BCUT2D eigenvalue weighted by Crippen LogP contribution is -2.47. The highest BCUT2D eigenvalue weighted by atomic mass is 32.2. The van der Waals surface area contributed by atoms with Crippen LogP contribution in [0.25, 0.3) is 0 Å². The van der Waals surface area contributed by atoms with Gasteiger partial charge in [-0.3, -0.25) is 9.69 Å². The lowest BCUT2D eigenvalue weighted by molar-refractivity contribution is 0.0773. The van der Waals surface area contributed by atoms with Gasteiger partial charge in [0.25, 0.3) is 5.91 Å². The topological polar surface area (TPSA) is 60.9 Å². The van der Waals surface area contributed by atoms with Crippen LogP contribution in [0.1, 0.15) is 29.8 Å². The van der Waals surface area contributed by atoms with Gasteiger partial charge in [-0.05, 0) is 31.5 Å². The van der Waals surface area contributed by atoms with Crippen LogP contribution in [0.2, 0.25) is 0 Å². The monoisotopic (exact) mass is 353 g/mol. The molecule has 1 amide bonds. The van der Waals surface area contributed by atoms with Crippen molar-refractivity contribution in [2.75, 3.05) is 45.5 Å². The second-order valence-electron chi connectivity index (χ2n) is 6.11. The molecule has 0 bridgehead atoms. The molecule has 1 aromatic carbocycles. The number of nitrogens with zero attached hydrogens (tertiary/aromatic N) is 3. The van der Waals surface area contributed by atoms with Gasteiger partial charge in [0.05, 0.1) is 6.26 Å². The Kier molecular flexibility index (Phi) is 6.37. The molecular formula is C17H27N3O3S. The van der Waals surface area contributed by atoms with E-state index in [9.17, 15) is 13.2 Å². The number of hydrogen-bond donors (Lipinski definition) is 0. The molecule has 0 saturated carbocycles. The van der Waals surface area contributed by atoms with Crippen LogP contribution in [0.4, 0.5) is 0 Å².